The van der Waals surface area contributed by atoms with Gasteiger partial charge in [0.05, 0.1) is 12.2 Å². The molecule has 2 aliphatic rings. The Morgan fingerprint density at radius 3 is 2.45 bits per heavy atom. The number of hydrogen-bond acceptors (Lipinski definition) is 2. The SMILES string of the molecule is CC(C)c1cccc(C(C)C2CC2)c1N1CCOC1=O. The standard InChI is InChI=1S/C17H23NO2/c1-11(2)14-5-4-6-15(12(3)13-7-8-13)16(14)18-9-10-20-17(18)19/h4-6,11-13H,7-10H2,1-3H3. The predicted octanol–water partition coefficient (Wildman–Crippen LogP) is 4.28. The smallest absolute Gasteiger partial charge is 0.414 e. The van der Waals surface area contributed by atoms with E-state index in [1.54, 1.807) is 0 Å². The van der Waals surface area contributed by atoms with Crippen LogP contribution in [0.3, 0.4) is 0 Å². The van der Waals surface area contributed by atoms with Crippen LogP contribution in [0.25, 0.3) is 0 Å². The Hall–Kier alpha value is -1.51. The van der Waals surface area contributed by atoms with Gasteiger partial charge in [-0.2, -0.15) is 0 Å². The Kier molecular flexibility index (Phi) is 3.45. The lowest BCUT2D eigenvalue weighted by Crippen LogP contribution is -2.26. The molecule has 1 atom stereocenters. The highest BCUT2D eigenvalue weighted by Gasteiger charge is 2.34. The maximum atomic E-state index is 12.0. The summed E-state index contributed by atoms with van der Waals surface area (Å²) in [6.45, 7) is 7.84. The maximum absolute atomic E-state index is 12.0. The van der Waals surface area contributed by atoms with Crippen molar-refractivity contribution in [3.63, 3.8) is 0 Å². The van der Waals surface area contributed by atoms with E-state index in [0.29, 0.717) is 25.0 Å². The van der Waals surface area contributed by atoms with E-state index in [9.17, 15) is 4.79 Å². The van der Waals surface area contributed by atoms with Gasteiger partial charge in [-0.15, -0.1) is 0 Å². The lowest BCUT2D eigenvalue weighted by atomic mass is 9.89. The summed E-state index contributed by atoms with van der Waals surface area (Å²) in [7, 11) is 0. The molecule has 0 spiro atoms. The molecule has 1 saturated heterocycles. The molecular weight excluding hydrogens is 250 g/mol. The molecule has 20 heavy (non-hydrogen) atoms. The number of para-hydroxylation sites is 1. The number of ether oxygens (including phenoxy) is 1. The van der Waals surface area contributed by atoms with E-state index in [1.807, 2.05) is 4.90 Å². The number of anilines is 1. The fourth-order valence-electron chi connectivity index (χ4n) is 3.17. The van der Waals surface area contributed by atoms with E-state index in [1.165, 1.54) is 24.0 Å². The van der Waals surface area contributed by atoms with Crippen molar-refractivity contribution in [2.75, 3.05) is 18.1 Å². The lowest BCUT2D eigenvalue weighted by Gasteiger charge is -2.26. The Morgan fingerprint density at radius 1 is 1.20 bits per heavy atom. The van der Waals surface area contributed by atoms with E-state index in [0.717, 1.165) is 11.6 Å². The number of hydrogen-bond donors (Lipinski definition) is 0. The molecule has 1 aromatic rings. The molecule has 3 rings (SSSR count). The third kappa shape index (κ3) is 2.30. The molecule has 2 fully saturated rings. The van der Waals surface area contributed by atoms with Crippen molar-refractivity contribution in [3.8, 4) is 0 Å². The minimum atomic E-state index is -0.192. The number of benzene rings is 1. The number of cyclic esters (lactones) is 1. The van der Waals surface area contributed by atoms with Gasteiger partial charge in [0.1, 0.15) is 6.61 Å². The van der Waals surface area contributed by atoms with E-state index >= 15 is 0 Å². The average molecular weight is 273 g/mol. The molecule has 108 valence electrons. The Labute approximate surface area is 120 Å². The number of rotatable bonds is 4. The Balaban J connectivity index is 2.08. The second-order valence-corrected chi connectivity index (χ2v) is 6.33. The van der Waals surface area contributed by atoms with Crippen LogP contribution in [0.5, 0.6) is 0 Å². The number of carbonyl (C=O) groups excluding carboxylic acids is 1. The molecule has 0 bridgehead atoms. The topological polar surface area (TPSA) is 29.5 Å². The van der Waals surface area contributed by atoms with Crippen molar-refractivity contribution >= 4 is 11.8 Å². The fraction of sp³-hybridized carbons (Fsp3) is 0.588. The first kappa shape index (κ1) is 13.5. The van der Waals surface area contributed by atoms with Crippen molar-refractivity contribution in [1.82, 2.24) is 0 Å². The Morgan fingerprint density at radius 2 is 1.90 bits per heavy atom. The highest BCUT2D eigenvalue weighted by molar-refractivity contribution is 5.91. The monoisotopic (exact) mass is 273 g/mol. The zero-order chi connectivity index (χ0) is 14.3. The summed E-state index contributed by atoms with van der Waals surface area (Å²) in [4.78, 5) is 13.9. The Bertz CT molecular complexity index is 520. The molecule has 1 saturated carbocycles. The van der Waals surface area contributed by atoms with E-state index < -0.39 is 0 Å². The van der Waals surface area contributed by atoms with Gasteiger partial charge in [-0.05, 0) is 41.7 Å². The van der Waals surface area contributed by atoms with Crippen LogP contribution in [0.15, 0.2) is 18.2 Å². The quantitative estimate of drug-likeness (QED) is 0.819. The summed E-state index contributed by atoms with van der Waals surface area (Å²) in [6, 6.07) is 6.47. The molecule has 1 amide bonds. The number of amides is 1. The predicted molar refractivity (Wildman–Crippen MR) is 80.4 cm³/mol. The molecule has 1 aliphatic carbocycles. The van der Waals surface area contributed by atoms with Crippen molar-refractivity contribution in [2.45, 2.75) is 45.4 Å². The van der Waals surface area contributed by atoms with Crippen molar-refractivity contribution < 1.29 is 9.53 Å². The van der Waals surface area contributed by atoms with Crippen LogP contribution in [-0.2, 0) is 4.74 Å². The van der Waals surface area contributed by atoms with Crippen molar-refractivity contribution in [1.29, 1.82) is 0 Å². The van der Waals surface area contributed by atoms with Crippen LogP contribution in [0.2, 0.25) is 0 Å². The highest BCUT2D eigenvalue weighted by Crippen LogP contribution is 2.46. The van der Waals surface area contributed by atoms with Crippen LogP contribution in [0.4, 0.5) is 10.5 Å². The van der Waals surface area contributed by atoms with E-state index in [2.05, 4.69) is 39.0 Å². The van der Waals surface area contributed by atoms with E-state index in [-0.39, 0.29) is 6.09 Å². The normalized spacial score (nSPS) is 20.4. The van der Waals surface area contributed by atoms with Gasteiger partial charge >= 0.3 is 6.09 Å². The summed E-state index contributed by atoms with van der Waals surface area (Å²) < 4.78 is 5.15. The minimum absolute atomic E-state index is 0.192. The lowest BCUT2D eigenvalue weighted by molar-refractivity contribution is 0.181. The maximum Gasteiger partial charge on any atom is 0.414 e. The third-order valence-corrected chi connectivity index (χ3v) is 4.57. The van der Waals surface area contributed by atoms with Gasteiger partial charge in [-0.25, -0.2) is 4.79 Å². The van der Waals surface area contributed by atoms with Crippen LogP contribution >= 0.6 is 0 Å². The van der Waals surface area contributed by atoms with Gasteiger partial charge < -0.3 is 4.74 Å². The average Bonchev–Trinajstić information content (AvgIpc) is 3.19. The summed E-state index contributed by atoms with van der Waals surface area (Å²) in [5.74, 6) is 1.72. The summed E-state index contributed by atoms with van der Waals surface area (Å²) in [5.41, 5.74) is 3.69. The van der Waals surface area contributed by atoms with Crippen LogP contribution in [0, 0.1) is 5.92 Å². The number of nitrogens with zero attached hydrogens (tertiary/aromatic N) is 1. The molecule has 0 aromatic heterocycles. The molecule has 1 heterocycles. The minimum Gasteiger partial charge on any atom is -0.447 e. The summed E-state index contributed by atoms with van der Waals surface area (Å²) in [5, 5.41) is 0. The second-order valence-electron chi connectivity index (χ2n) is 6.33. The molecule has 1 aliphatic heterocycles. The molecule has 3 nitrogen and oxygen atoms in total. The molecule has 1 unspecified atom stereocenters. The van der Waals surface area contributed by atoms with Gasteiger partial charge in [-0.3, -0.25) is 4.90 Å². The van der Waals surface area contributed by atoms with Crippen LogP contribution in [-0.4, -0.2) is 19.2 Å². The van der Waals surface area contributed by atoms with Crippen molar-refractivity contribution in [2.24, 2.45) is 5.92 Å². The first-order valence-electron chi connectivity index (χ1n) is 7.66. The second kappa shape index (κ2) is 5.12. The largest absolute Gasteiger partial charge is 0.447 e. The third-order valence-electron chi connectivity index (χ3n) is 4.57. The van der Waals surface area contributed by atoms with Gasteiger partial charge in [-0.1, -0.05) is 39.0 Å². The van der Waals surface area contributed by atoms with Crippen molar-refractivity contribution in [3.05, 3.63) is 29.3 Å². The molecule has 3 heteroatoms. The number of carbonyl (C=O) groups is 1. The zero-order valence-corrected chi connectivity index (χ0v) is 12.6. The van der Waals surface area contributed by atoms with Gasteiger partial charge in [0.15, 0.2) is 0 Å². The first-order valence-corrected chi connectivity index (χ1v) is 7.66. The summed E-state index contributed by atoms with van der Waals surface area (Å²) in [6.07, 6.45) is 2.44. The highest BCUT2D eigenvalue weighted by atomic mass is 16.6. The zero-order valence-electron chi connectivity index (χ0n) is 12.6. The van der Waals surface area contributed by atoms with Crippen LogP contribution < -0.4 is 4.90 Å². The van der Waals surface area contributed by atoms with E-state index in [4.69, 9.17) is 4.74 Å². The molecule has 0 radical (unpaired) electrons. The van der Waals surface area contributed by atoms with Gasteiger partial charge in [0, 0.05) is 0 Å². The molecule has 1 aromatic carbocycles. The molecule has 0 N–H and O–H groups in total. The van der Waals surface area contributed by atoms with Gasteiger partial charge in [0.25, 0.3) is 0 Å². The summed E-state index contributed by atoms with van der Waals surface area (Å²) >= 11 is 0. The molecular formula is C17H23NO2. The first-order chi connectivity index (χ1) is 9.59. The fourth-order valence-corrected chi connectivity index (χ4v) is 3.17. The van der Waals surface area contributed by atoms with Gasteiger partial charge in [0.2, 0.25) is 0 Å². The van der Waals surface area contributed by atoms with Crippen LogP contribution in [0.1, 0.15) is 56.6 Å².